The number of fused-ring (bicyclic) bond motifs is 1. The second kappa shape index (κ2) is 4.53. The average molecular weight is 303 g/mol. The van der Waals surface area contributed by atoms with E-state index < -0.39 is 11.8 Å². The number of imide groups is 1. The van der Waals surface area contributed by atoms with E-state index in [1.807, 2.05) is 0 Å². The van der Waals surface area contributed by atoms with Crippen LogP contribution < -0.4 is 10.6 Å². The lowest BCUT2D eigenvalue weighted by atomic mass is 10.1. The van der Waals surface area contributed by atoms with Gasteiger partial charge in [0.15, 0.2) is 0 Å². The fourth-order valence-electron chi connectivity index (χ4n) is 2.11. The smallest absolute Gasteiger partial charge is 0.266 e. The molecule has 0 saturated heterocycles. The Hall–Kier alpha value is -1.99. The van der Waals surface area contributed by atoms with Gasteiger partial charge >= 0.3 is 0 Å². The molecule has 1 aliphatic rings. The van der Waals surface area contributed by atoms with Crippen molar-refractivity contribution in [2.75, 3.05) is 10.6 Å². The first-order valence-corrected chi connectivity index (χ1v) is 6.56. The van der Waals surface area contributed by atoms with E-state index in [-0.39, 0.29) is 16.4 Å². The van der Waals surface area contributed by atoms with Crippen molar-refractivity contribution in [3.63, 3.8) is 0 Å². The Labute approximate surface area is 125 Å². The Kier molecular flexibility index (Phi) is 2.95. The fourth-order valence-corrected chi connectivity index (χ4v) is 2.74. The number of carbonyl (C=O) groups excluding carboxylic acids is 2. The van der Waals surface area contributed by atoms with Crippen molar-refractivity contribution in [1.29, 1.82) is 0 Å². The first-order valence-electron chi connectivity index (χ1n) is 5.66. The van der Waals surface area contributed by atoms with Gasteiger partial charge in [0.2, 0.25) is 0 Å². The number of hydrogen-bond acceptors (Lipinski definition) is 6. The molecular formula is C13H9N3O2S2. The monoisotopic (exact) mass is 303 g/mol. The highest BCUT2D eigenvalue weighted by atomic mass is 32.1. The van der Waals surface area contributed by atoms with Gasteiger partial charge in [-0.3, -0.25) is 9.59 Å². The second-order valence-electron chi connectivity index (χ2n) is 4.22. The normalized spacial score (nSPS) is 13.8. The topological polar surface area (TPSA) is 76.3 Å². The number of pyridine rings is 1. The molecule has 0 spiro atoms. The van der Waals surface area contributed by atoms with Gasteiger partial charge in [0, 0.05) is 11.1 Å². The number of aromatic nitrogens is 1. The number of nitrogens with zero attached hydrogens (tertiary/aromatic N) is 2. The van der Waals surface area contributed by atoms with Gasteiger partial charge in [-0.05, 0) is 12.1 Å². The van der Waals surface area contributed by atoms with Crippen LogP contribution in [0.25, 0.3) is 0 Å². The standard InChI is InChI=1S/C13H9N3O2S2/c14-11-10(20)9(8(19)5-15-11)16-12(17)6-3-1-2-4-7(6)13(16)18/h1-5,19-20H,(H2,14,15). The number of rotatable bonds is 1. The summed E-state index contributed by atoms with van der Waals surface area (Å²) in [7, 11) is 0. The third kappa shape index (κ3) is 1.70. The van der Waals surface area contributed by atoms with Crippen molar-refractivity contribution in [2.24, 2.45) is 0 Å². The Balaban J connectivity index is 2.22. The van der Waals surface area contributed by atoms with E-state index >= 15 is 0 Å². The third-order valence-electron chi connectivity index (χ3n) is 3.05. The van der Waals surface area contributed by atoms with Gasteiger partial charge in [-0.25, -0.2) is 9.88 Å². The molecule has 0 atom stereocenters. The highest BCUT2D eigenvalue weighted by Gasteiger charge is 2.38. The van der Waals surface area contributed by atoms with Gasteiger partial charge in [0.1, 0.15) is 5.82 Å². The summed E-state index contributed by atoms with van der Waals surface area (Å²) in [6.45, 7) is 0. The highest BCUT2D eigenvalue weighted by molar-refractivity contribution is 7.81. The maximum absolute atomic E-state index is 12.4. The minimum Gasteiger partial charge on any atom is -0.383 e. The third-order valence-corrected chi connectivity index (χ3v) is 3.82. The van der Waals surface area contributed by atoms with Gasteiger partial charge in [0.05, 0.1) is 21.7 Å². The van der Waals surface area contributed by atoms with Crippen LogP contribution in [0.1, 0.15) is 20.7 Å². The zero-order valence-corrected chi connectivity index (χ0v) is 11.9. The highest BCUT2D eigenvalue weighted by Crippen LogP contribution is 2.38. The first kappa shape index (κ1) is 13.0. The molecule has 20 heavy (non-hydrogen) atoms. The van der Waals surface area contributed by atoms with E-state index in [1.165, 1.54) is 6.20 Å². The van der Waals surface area contributed by atoms with Crippen molar-refractivity contribution in [1.82, 2.24) is 4.98 Å². The Morgan fingerprint density at radius 2 is 1.60 bits per heavy atom. The van der Waals surface area contributed by atoms with Crippen molar-refractivity contribution in [3.05, 3.63) is 41.6 Å². The summed E-state index contributed by atoms with van der Waals surface area (Å²) in [6, 6.07) is 6.63. The lowest BCUT2D eigenvalue weighted by Gasteiger charge is -2.18. The van der Waals surface area contributed by atoms with Crippen LogP contribution in [0.2, 0.25) is 0 Å². The van der Waals surface area contributed by atoms with Gasteiger partial charge in [0.25, 0.3) is 11.8 Å². The fraction of sp³-hybridized carbons (Fsp3) is 0. The molecule has 0 radical (unpaired) electrons. The van der Waals surface area contributed by atoms with Gasteiger partial charge < -0.3 is 5.73 Å². The summed E-state index contributed by atoms with van der Waals surface area (Å²) in [4.78, 5) is 30.3. The molecule has 0 fully saturated rings. The van der Waals surface area contributed by atoms with Crippen LogP contribution in [0.5, 0.6) is 0 Å². The van der Waals surface area contributed by atoms with Crippen LogP contribution in [0.3, 0.4) is 0 Å². The quantitative estimate of drug-likeness (QED) is 0.556. The molecular weight excluding hydrogens is 294 g/mol. The van der Waals surface area contributed by atoms with Crippen LogP contribution in [0, 0.1) is 0 Å². The number of anilines is 2. The molecule has 7 heteroatoms. The molecule has 1 aromatic carbocycles. The summed E-state index contributed by atoms with van der Waals surface area (Å²) in [5.41, 5.74) is 6.65. The van der Waals surface area contributed by atoms with Gasteiger partial charge in [-0.2, -0.15) is 0 Å². The molecule has 2 aromatic rings. The van der Waals surface area contributed by atoms with Crippen molar-refractivity contribution >= 4 is 48.6 Å². The molecule has 3 rings (SSSR count). The van der Waals surface area contributed by atoms with Gasteiger partial charge in [-0.15, -0.1) is 25.3 Å². The predicted molar refractivity (Wildman–Crippen MR) is 80.7 cm³/mol. The van der Waals surface area contributed by atoms with E-state index in [9.17, 15) is 9.59 Å². The molecule has 0 saturated carbocycles. The Bertz CT molecular complexity index is 726. The van der Waals surface area contributed by atoms with E-state index in [2.05, 4.69) is 30.2 Å². The summed E-state index contributed by atoms with van der Waals surface area (Å²) < 4.78 is 0. The minimum absolute atomic E-state index is 0.137. The summed E-state index contributed by atoms with van der Waals surface area (Å²) in [5, 5.41) is 0. The van der Waals surface area contributed by atoms with Crippen molar-refractivity contribution in [3.8, 4) is 0 Å². The molecule has 1 aliphatic heterocycles. The number of thiol groups is 2. The molecule has 0 aliphatic carbocycles. The maximum Gasteiger partial charge on any atom is 0.266 e. The number of nitrogens with two attached hydrogens (primary N) is 1. The molecule has 2 heterocycles. The lowest BCUT2D eigenvalue weighted by molar-refractivity contribution is 0.0925. The van der Waals surface area contributed by atoms with E-state index in [0.29, 0.717) is 16.0 Å². The van der Waals surface area contributed by atoms with Crippen LogP contribution in [-0.4, -0.2) is 16.8 Å². The maximum atomic E-state index is 12.4. The van der Waals surface area contributed by atoms with E-state index in [1.54, 1.807) is 24.3 Å². The molecule has 1 aromatic heterocycles. The average Bonchev–Trinajstić information content (AvgIpc) is 2.69. The van der Waals surface area contributed by atoms with E-state index in [4.69, 9.17) is 5.73 Å². The van der Waals surface area contributed by atoms with Gasteiger partial charge in [-0.1, -0.05) is 12.1 Å². The summed E-state index contributed by atoms with van der Waals surface area (Å²) in [5.74, 6) is -0.693. The Morgan fingerprint density at radius 3 is 2.15 bits per heavy atom. The molecule has 0 unspecified atom stereocenters. The molecule has 100 valence electrons. The number of carbonyl (C=O) groups is 2. The molecule has 5 nitrogen and oxygen atoms in total. The minimum atomic E-state index is -0.415. The van der Waals surface area contributed by atoms with Crippen LogP contribution in [0.4, 0.5) is 11.5 Å². The molecule has 2 N–H and O–H groups in total. The molecule has 0 bridgehead atoms. The number of nitrogen functional groups attached to an aromatic ring is 1. The number of benzene rings is 1. The number of amides is 2. The summed E-state index contributed by atoms with van der Waals surface area (Å²) >= 11 is 8.47. The lowest BCUT2D eigenvalue weighted by Crippen LogP contribution is -2.30. The SMILES string of the molecule is Nc1ncc(S)c(N2C(=O)c3ccccc3C2=O)c1S. The largest absolute Gasteiger partial charge is 0.383 e. The zero-order chi connectivity index (χ0) is 14.4. The van der Waals surface area contributed by atoms with Crippen molar-refractivity contribution < 1.29 is 9.59 Å². The summed E-state index contributed by atoms with van der Waals surface area (Å²) in [6.07, 6.45) is 1.39. The van der Waals surface area contributed by atoms with Crippen LogP contribution >= 0.6 is 25.3 Å². The first-order chi connectivity index (χ1) is 9.52. The van der Waals surface area contributed by atoms with Crippen LogP contribution in [-0.2, 0) is 0 Å². The van der Waals surface area contributed by atoms with E-state index in [0.717, 1.165) is 4.90 Å². The second-order valence-corrected chi connectivity index (χ2v) is 5.15. The van der Waals surface area contributed by atoms with Crippen molar-refractivity contribution in [2.45, 2.75) is 9.79 Å². The molecule has 2 amide bonds. The zero-order valence-electron chi connectivity index (χ0n) is 10.1. The Morgan fingerprint density at radius 1 is 1.05 bits per heavy atom. The number of hydrogen-bond donors (Lipinski definition) is 3. The van der Waals surface area contributed by atoms with Crippen LogP contribution in [0.15, 0.2) is 40.3 Å². The predicted octanol–water partition coefficient (Wildman–Crippen LogP) is 2.04.